The van der Waals surface area contributed by atoms with E-state index in [0.717, 1.165) is 23.5 Å². The third-order valence-corrected chi connectivity index (χ3v) is 5.85. The number of oxazole rings is 1. The van der Waals surface area contributed by atoms with Crippen LogP contribution >= 0.6 is 11.3 Å². The van der Waals surface area contributed by atoms with Gasteiger partial charge in [0.1, 0.15) is 22.5 Å². The molecule has 0 saturated carbocycles. The van der Waals surface area contributed by atoms with Crippen LogP contribution in [-0.4, -0.2) is 27.3 Å². The number of amides is 1. The fraction of sp³-hybridized carbons (Fsp3) is 0.350. The molecule has 27 heavy (non-hydrogen) atoms. The van der Waals surface area contributed by atoms with Crippen LogP contribution in [-0.2, 0) is 6.42 Å². The Morgan fingerprint density at radius 2 is 2.19 bits per heavy atom. The summed E-state index contributed by atoms with van der Waals surface area (Å²) in [6.07, 6.45) is 3.68. The molecule has 0 N–H and O–H groups in total. The standard InChI is InChI=1S/C20H20FN3O2S/c1-12-18(27-13(2)23-12)20(25)24-9-5-8-17(24)19-22-11-15(26-19)10-14-6-3-4-7-16(14)21/h3-4,6-7,11,17H,5,8-10H2,1-2H3. The number of carbonyl (C=O) groups is 1. The monoisotopic (exact) mass is 385 g/mol. The minimum Gasteiger partial charge on any atom is -0.443 e. The predicted octanol–water partition coefficient (Wildman–Crippen LogP) is 4.46. The Morgan fingerprint density at radius 3 is 2.93 bits per heavy atom. The van der Waals surface area contributed by atoms with Gasteiger partial charge >= 0.3 is 0 Å². The van der Waals surface area contributed by atoms with Crippen LogP contribution in [0, 0.1) is 19.7 Å². The number of nitrogens with zero attached hydrogens (tertiary/aromatic N) is 3. The van der Waals surface area contributed by atoms with Crippen molar-refractivity contribution >= 4 is 17.2 Å². The van der Waals surface area contributed by atoms with Gasteiger partial charge in [0.25, 0.3) is 5.91 Å². The van der Waals surface area contributed by atoms with Gasteiger partial charge in [-0.3, -0.25) is 4.79 Å². The number of rotatable bonds is 4. The fourth-order valence-corrected chi connectivity index (χ4v) is 4.39. The second kappa shape index (κ2) is 7.23. The third-order valence-electron chi connectivity index (χ3n) is 4.79. The molecule has 4 rings (SSSR count). The number of carbonyl (C=O) groups excluding carboxylic acids is 1. The Hall–Kier alpha value is -2.54. The van der Waals surface area contributed by atoms with E-state index in [-0.39, 0.29) is 17.8 Å². The number of hydrogen-bond acceptors (Lipinski definition) is 5. The normalized spacial score (nSPS) is 16.9. The summed E-state index contributed by atoms with van der Waals surface area (Å²) in [7, 11) is 0. The topological polar surface area (TPSA) is 59.2 Å². The van der Waals surface area contributed by atoms with Gasteiger partial charge in [0.05, 0.1) is 16.9 Å². The van der Waals surface area contributed by atoms with Gasteiger partial charge in [0.2, 0.25) is 5.89 Å². The van der Waals surface area contributed by atoms with E-state index >= 15 is 0 Å². The molecule has 0 radical (unpaired) electrons. The van der Waals surface area contributed by atoms with Crippen molar-refractivity contribution in [3.05, 3.63) is 69.1 Å². The Kier molecular flexibility index (Phi) is 4.78. The van der Waals surface area contributed by atoms with Crippen molar-refractivity contribution in [2.24, 2.45) is 0 Å². The SMILES string of the molecule is Cc1nc(C)c(C(=O)N2CCCC2c2ncc(Cc3ccccc3F)o2)s1. The summed E-state index contributed by atoms with van der Waals surface area (Å²) < 4.78 is 19.8. The van der Waals surface area contributed by atoms with E-state index < -0.39 is 0 Å². The lowest BCUT2D eigenvalue weighted by Crippen LogP contribution is -2.30. The molecule has 0 bridgehead atoms. The number of hydrogen-bond donors (Lipinski definition) is 0. The van der Waals surface area contributed by atoms with E-state index in [2.05, 4.69) is 9.97 Å². The zero-order chi connectivity index (χ0) is 19.0. The molecule has 0 aliphatic carbocycles. The summed E-state index contributed by atoms with van der Waals surface area (Å²) in [5.74, 6) is 0.837. The van der Waals surface area contributed by atoms with Crippen LogP contribution in [0.15, 0.2) is 34.9 Å². The average Bonchev–Trinajstić information content (AvgIpc) is 3.36. The van der Waals surface area contributed by atoms with Gasteiger partial charge in [-0.25, -0.2) is 14.4 Å². The molecule has 1 fully saturated rings. The number of likely N-dealkylation sites (tertiary alicyclic amines) is 1. The molecule has 140 valence electrons. The summed E-state index contributed by atoms with van der Waals surface area (Å²) in [5.41, 5.74) is 1.33. The minimum absolute atomic E-state index is 0.0190. The highest BCUT2D eigenvalue weighted by Gasteiger charge is 2.35. The molecule has 0 spiro atoms. The molecule has 2 aromatic heterocycles. The van der Waals surface area contributed by atoms with Crippen LogP contribution < -0.4 is 0 Å². The molecular weight excluding hydrogens is 365 g/mol. The van der Waals surface area contributed by atoms with E-state index in [1.54, 1.807) is 24.4 Å². The summed E-state index contributed by atoms with van der Waals surface area (Å²) in [6.45, 7) is 4.43. The Labute approximate surface area is 160 Å². The highest BCUT2D eigenvalue weighted by molar-refractivity contribution is 7.13. The van der Waals surface area contributed by atoms with Gasteiger partial charge < -0.3 is 9.32 Å². The molecule has 1 unspecified atom stereocenters. The van der Waals surface area contributed by atoms with Gasteiger partial charge in [-0.1, -0.05) is 18.2 Å². The zero-order valence-electron chi connectivity index (χ0n) is 15.2. The molecule has 1 amide bonds. The molecule has 1 saturated heterocycles. The largest absolute Gasteiger partial charge is 0.443 e. The average molecular weight is 385 g/mol. The van der Waals surface area contributed by atoms with Gasteiger partial charge in [-0.05, 0) is 38.3 Å². The Bertz CT molecular complexity index is 981. The summed E-state index contributed by atoms with van der Waals surface area (Å²) in [4.78, 5) is 24.2. The maximum atomic E-state index is 13.9. The van der Waals surface area contributed by atoms with Crippen molar-refractivity contribution in [2.75, 3.05) is 6.54 Å². The highest BCUT2D eigenvalue weighted by Crippen LogP contribution is 2.34. The first-order chi connectivity index (χ1) is 13.0. The lowest BCUT2D eigenvalue weighted by molar-refractivity contribution is 0.0718. The van der Waals surface area contributed by atoms with Crippen molar-refractivity contribution in [1.29, 1.82) is 0 Å². The van der Waals surface area contributed by atoms with Gasteiger partial charge in [-0.2, -0.15) is 0 Å². The maximum Gasteiger partial charge on any atom is 0.266 e. The molecule has 1 aliphatic heterocycles. The van der Waals surface area contributed by atoms with Crippen molar-refractivity contribution in [1.82, 2.24) is 14.9 Å². The van der Waals surface area contributed by atoms with Crippen molar-refractivity contribution in [3.8, 4) is 0 Å². The van der Waals surface area contributed by atoms with E-state index in [1.807, 2.05) is 18.7 Å². The molecular formula is C20H20FN3O2S. The lowest BCUT2D eigenvalue weighted by atomic mass is 10.1. The summed E-state index contributed by atoms with van der Waals surface area (Å²) in [6, 6.07) is 6.44. The second-order valence-electron chi connectivity index (χ2n) is 6.74. The number of thiazole rings is 1. The molecule has 7 heteroatoms. The van der Waals surface area contributed by atoms with E-state index in [0.29, 0.717) is 35.1 Å². The molecule has 5 nitrogen and oxygen atoms in total. The van der Waals surface area contributed by atoms with Crippen molar-refractivity contribution in [2.45, 2.75) is 39.2 Å². The van der Waals surface area contributed by atoms with E-state index in [9.17, 15) is 9.18 Å². The van der Waals surface area contributed by atoms with Crippen LogP contribution in [0.25, 0.3) is 0 Å². The van der Waals surface area contributed by atoms with Crippen LogP contribution in [0.4, 0.5) is 4.39 Å². The van der Waals surface area contributed by atoms with E-state index in [1.165, 1.54) is 17.4 Å². The van der Waals surface area contributed by atoms with Crippen LogP contribution in [0.2, 0.25) is 0 Å². The number of halogens is 1. The number of aryl methyl sites for hydroxylation is 2. The first kappa shape index (κ1) is 17.9. The molecule has 1 aliphatic rings. The number of benzene rings is 1. The Balaban J connectivity index is 1.54. The van der Waals surface area contributed by atoms with Gasteiger partial charge in [0.15, 0.2) is 0 Å². The van der Waals surface area contributed by atoms with Crippen LogP contribution in [0.5, 0.6) is 0 Å². The molecule has 1 atom stereocenters. The lowest BCUT2D eigenvalue weighted by Gasteiger charge is -2.21. The zero-order valence-corrected chi connectivity index (χ0v) is 16.1. The first-order valence-corrected chi connectivity index (χ1v) is 9.77. The van der Waals surface area contributed by atoms with Crippen molar-refractivity contribution in [3.63, 3.8) is 0 Å². The molecule has 3 heterocycles. The summed E-state index contributed by atoms with van der Waals surface area (Å²) >= 11 is 1.42. The third kappa shape index (κ3) is 3.51. The van der Waals surface area contributed by atoms with Gasteiger partial charge in [-0.15, -0.1) is 11.3 Å². The number of aromatic nitrogens is 2. The summed E-state index contributed by atoms with van der Waals surface area (Å²) in [5, 5.41) is 0.884. The van der Waals surface area contributed by atoms with Crippen molar-refractivity contribution < 1.29 is 13.6 Å². The van der Waals surface area contributed by atoms with E-state index in [4.69, 9.17) is 4.42 Å². The smallest absolute Gasteiger partial charge is 0.266 e. The van der Waals surface area contributed by atoms with Gasteiger partial charge in [0, 0.05) is 13.0 Å². The molecule has 1 aromatic carbocycles. The molecule has 3 aromatic rings. The first-order valence-electron chi connectivity index (χ1n) is 8.96. The fourth-order valence-electron chi connectivity index (χ4n) is 3.51. The predicted molar refractivity (Wildman–Crippen MR) is 100 cm³/mol. The maximum absolute atomic E-state index is 13.9. The minimum atomic E-state index is -0.260. The second-order valence-corrected chi connectivity index (χ2v) is 7.94. The highest BCUT2D eigenvalue weighted by atomic mass is 32.1. The van der Waals surface area contributed by atoms with Crippen LogP contribution in [0.1, 0.15) is 56.5 Å². The van der Waals surface area contributed by atoms with Crippen LogP contribution in [0.3, 0.4) is 0 Å². The Morgan fingerprint density at radius 1 is 1.37 bits per heavy atom. The quantitative estimate of drug-likeness (QED) is 0.665.